The molecule has 2 saturated heterocycles. The third-order valence-corrected chi connectivity index (χ3v) is 6.50. The van der Waals surface area contributed by atoms with Crippen LogP contribution in [0.3, 0.4) is 0 Å². The Kier molecular flexibility index (Phi) is 5.66. The summed E-state index contributed by atoms with van der Waals surface area (Å²) < 4.78 is 17.2. The Bertz CT molecular complexity index is 1170. The molecule has 2 aliphatic heterocycles. The molecule has 5 heterocycles. The van der Waals surface area contributed by atoms with Crippen molar-refractivity contribution in [3.8, 4) is 22.1 Å². The molecule has 0 radical (unpaired) electrons. The predicted molar refractivity (Wildman–Crippen MR) is 119 cm³/mol. The fourth-order valence-corrected chi connectivity index (χ4v) is 4.87. The van der Waals surface area contributed by atoms with E-state index in [1.807, 2.05) is 6.92 Å². The van der Waals surface area contributed by atoms with Gasteiger partial charge in [-0.15, -0.1) is 5.10 Å². The maximum Gasteiger partial charge on any atom is 0.296 e. The van der Waals surface area contributed by atoms with Gasteiger partial charge in [-0.05, 0) is 43.2 Å². The molecule has 3 aromatic heterocycles. The minimum atomic E-state index is -0.381. The zero-order valence-electron chi connectivity index (χ0n) is 17.4. The molecule has 0 saturated carbocycles. The van der Waals surface area contributed by atoms with E-state index < -0.39 is 0 Å². The molecule has 9 nitrogen and oxygen atoms in total. The first-order chi connectivity index (χ1) is 15.5. The van der Waals surface area contributed by atoms with E-state index in [1.54, 1.807) is 12.1 Å². The minimum absolute atomic E-state index is 0.0120. The number of carbonyl (C=O) groups is 1. The van der Waals surface area contributed by atoms with Crippen LogP contribution in [0, 0.1) is 6.92 Å². The van der Waals surface area contributed by atoms with Gasteiger partial charge in [0.2, 0.25) is 5.13 Å². The molecule has 1 amide bonds. The van der Waals surface area contributed by atoms with E-state index in [0.717, 1.165) is 25.0 Å². The van der Waals surface area contributed by atoms with Crippen LogP contribution >= 0.6 is 22.9 Å². The number of nitrogens with zero attached hydrogens (tertiary/aromatic N) is 4. The molecule has 5 rings (SSSR count). The summed E-state index contributed by atoms with van der Waals surface area (Å²) in [4.78, 5) is 21.4. The van der Waals surface area contributed by atoms with Gasteiger partial charge in [-0.3, -0.25) is 15.1 Å². The number of rotatable bonds is 6. The van der Waals surface area contributed by atoms with E-state index in [2.05, 4.69) is 25.5 Å². The van der Waals surface area contributed by atoms with Gasteiger partial charge in [-0.1, -0.05) is 16.7 Å². The SMILES string of the molecule is COc1cnc(Cl)cc1-c1cc(C)ncc1C(=O)Nc1nnc(O[C@H]2C[C@@H]3CC[C@H]2O3)s1. The number of pyridine rings is 2. The van der Waals surface area contributed by atoms with Crippen molar-refractivity contribution in [3.63, 3.8) is 0 Å². The van der Waals surface area contributed by atoms with Crippen molar-refractivity contribution in [3.05, 3.63) is 40.9 Å². The van der Waals surface area contributed by atoms with Crippen LogP contribution in [-0.4, -0.2) is 51.5 Å². The summed E-state index contributed by atoms with van der Waals surface area (Å²) in [7, 11) is 1.53. The van der Waals surface area contributed by atoms with E-state index >= 15 is 0 Å². The third kappa shape index (κ3) is 4.13. The highest BCUT2D eigenvalue weighted by atomic mass is 35.5. The average molecular weight is 474 g/mol. The molecule has 32 heavy (non-hydrogen) atoms. The van der Waals surface area contributed by atoms with Gasteiger partial charge in [-0.2, -0.15) is 0 Å². The van der Waals surface area contributed by atoms with Gasteiger partial charge in [-0.25, -0.2) is 4.98 Å². The molecule has 2 bridgehead atoms. The summed E-state index contributed by atoms with van der Waals surface area (Å²) in [5, 5.41) is 11.9. The van der Waals surface area contributed by atoms with Gasteiger partial charge < -0.3 is 14.2 Å². The Morgan fingerprint density at radius 2 is 2.09 bits per heavy atom. The molecule has 1 N–H and O–H groups in total. The van der Waals surface area contributed by atoms with Crippen molar-refractivity contribution in [2.45, 2.75) is 44.5 Å². The molecular formula is C21H20ClN5O4S. The second-order valence-corrected chi connectivity index (χ2v) is 9.00. The summed E-state index contributed by atoms with van der Waals surface area (Å²) >= 11 is 7.28. The fraction of sp³-hybridized carbons (Fsp3) is 0.381. The van der Waals surface area contributed by atoms with Crippen LogP contribution in [0.15, 0.2) is 24.5 Å². The van der Waals surface area contributed by atoms with E-state index in [9.17, 15) is 4.79 Å². The van der Waals surface area contributed by atoms with Crippen molar-refractivity contribution >= 4 is 34.0 Å². The van der Waals surface area contributed by atoms with Crippen molar-refractivity contribution in [1.29, 1.82) is 0 Å². The van der Waals surface area contributed by atoms with Crippen LogP contribution in [0.5, 0.6) is 10.9 Å². The minimum Gasteiger partial charge on any atom is -0.494 e. The zero-order chi connectivity index (χ0) is 22.2. The van der Waals surface area contributed by atoms with Gasteiger partial charge in [0, 0.05) is 29.4 Å². The highest BCUT2D eigenvalue weighted by molar-refractivity contribution is 7.17. The Balaban J connectivity index is 1.37. The topological polar surface area (TPSA) is 108 Å². The van der Waals surface area contributed by atoms with Crippen LogP contribution in [0.4, 0.5) is 5.13 Å². The summed E-state index contributed by atoms with van der Waals surface area (Å²) in [5.74, 6) is 0.113. The number of halogens is 1. The van der Waals surface area contributed by atoms with Gasteiger partial charge in [0.25, 0.3) is 11.1 Å². The summed E-state index contributed by atoms with van der Waals surface area (Å²) in [6.45, 7) is 1.84. The molecule has 0 spiro atoms. The molecule has 0 aromatic carbocycles. The number of anilines is 1. The van der Waals surface area contributed by atoms with Gasteiger partial charge in [0.05, 0.1) is 31.1 Å². The van der Waals surface area contributed by atoms with Crippen molar-refractivity contribution in [2.24, 2.45) is 0 Å². The number of amides is 1. The maximum atomic E-state index is 13.1. The number of carbonyl (C=O) groups excluding carboxylic acids is 1. The van der Waals surface area contributed by atoms with E-state index in [4.69, 9.17) is 25.8 Å². The number of aromatic nitrogens is 4. The predicted octanol–water partition coefficient (Wildman–Crippen LogP) is 3.92. The molecule has 0 unspecified atom stereocenters. The van der Waals surface area contributed by atoms with E-state index in [0.29, 0.717) is 32.8 Å². The molecule has 0 aliphatic carbocycles. The molecule has 3 aromatic rings. The fourth-order valence-electron chi connectivity index (χ4n) is 4.07. The lowest BCUT2D eigenvalue weighted by Gasteiger charge is -2.17. The second kappa shape index (κ2) is 8.61. The lowest BCUT2D eigenvalue weighted by Crippen LogP contribution is -2.28. The van der Waals surface area contributed by atoms with Crippen LogP contribution in [0.1, 0.15) is 35.3 Å². The molecule has 3 atom stereocenters. The summed E-state index contributed by atoms with van der Waals surface area (Å²) in [6, 6.07) is 3.45. The maximum absolute atomic E-state index is 13.1. The molecule has 2 fully saturated rings. The zero-order valence-corrected chi connectivity index (χ0v) is 18.9. The summed E-state index contributed by atoms with van der Waals surface area (Å²) in [6.07, 6.45) is 6.37. The van der Waals surface area contributed by atoms with Crippen LogP contribution in [0.25, 0.3) is 11.1 Å². The number of aryl methyl sites for hydroxylation is 1. The van der Waals surface area contributed by atoms with Gasteiger partial charge in [0.15, 0.2) is 0 Å². The number of hydrogen-bond donors (Lipinski definition) is 1. The normalized spacial score (nSPS) is 21.5. The number of hydrogen-bond acceptors (Lipinski definition) is 9. The first kappa shape index (κ1) is 21.0. The van der Waals surface area contributed by atoms with Crippen molar-refractivity contribution < 1.29 is 19.0 Å². The van der Waals surface area contributed by atoms with Crippen molar-refractivity contribution in [2.75, 3.05) is 12.4 Å². The first-order valence-corrected chi connectivity index (χ1v) is 11.3. The van der Waals surface area contributed by atoms with Gasteiger partial charge >= 0.3 is 0 Å². The lowest BCUT2D eigenvalue weighted by molar-refractivity contribution is 0.0636. The number of methoxy groups -OCH3 is 1. The second-order valence-electron chi connectivity index (χ2n) is 7.67. The average Bonchev–Trinajstić information content (AvgIpc) is 3.51. The van der Waals surface area contributed by atoms with Crippen LogP contribution < -0.4 is 14.8 Å². The standard InChI is InChI=1S/C21H20ClN5O4S/c1-10-5-12(13-7-18(22)24-9-17(13)29-2)14(8-23-10)19(28)25-20-26-27-21(32-20)31-16-6-11-3-4-15(16)30-11/h5,7-9,11,15-16H,3-4,6H2,1-2H3,(H,25,26,28)/t11-,15+,16-/m0/s1. The molecule has 11 heteroatoms. The molecule has 166 valence electrons. The van der Waals surface area contributed by atoms with Crippen LogP contribution in [-0.2, 0) is 4.74 Å². The Hall–Kier alpha value is -2.82. The smallest absolute Gasteiger partial charge is 0.296 e. The third-order valence-electron chi connectivity index (χ3n) is 5.56. The molecular weight excluding hydrogens is 454 g/mol. The van der Waals surface area contributed by atoms with Crippen LogP contribution in [0.2, 0.25) is 5.15 Å². The monoisotopic (exact) mass is 473 g/mol. The molecule has 2 aliphatic rings. The lowest BCUT2D eigenvalue weighted by atomic mass is 9.98. The van der Waals surface area contributed by atoms with Crippen molar-refractivity contribution in [1.82, 2.24) is 20.2 Å². The summed E-state index contributed by atoms with van der Waals surface area (Å²) in [5.41, 5.74) is 2.35. The Morgan fingerprint density at radius 3 is 2.84 bits per heavy atom. The Morgan fingerprint density at radius 1 is 1.22 bits per heavy atom. The quantitative estimate of drug-likeness (QED) is 0.536. The van der Waals surface area contributed by atoms with Gasteiger partial charge in [0.1, 0.15) is 17.0 Å². The largest absolute Gasteiger partial charge is 0.494 e. The van der Waals surface area contributed by atoms with E-state index in [1.165, 1.54) is 30.8 Å². The first-order valence-electron chi connectivity index (χ1n) is 10.1. The number of nitrogens with one attached hydrogen (secondary N) is 1. The highest BCUT2D eigenvalue weighted by Gasteiger charge is 2.42. The highest BCUT2D eigenvalue weighted by Crippen LogP contribution is 2.38. The number of ether oxygens (including phenoxy) is 3. The Labute approximate surface area is 193 Å². The number of fused-ring (bicyclic) bond motifs is 2. The van der Waals surface area contributed by atoms with E-state index in [-0.39, 0.29) is 29.4 Å².